The van der Waals surface area contributed by atoms with Crippen LogP contribution in [0.2, 0.25) is 5.02 Å². The van der Waals surface area contributed by atoms with Gasteiger partial charge in [0.1, 0.15) is 11.5 Å². The van der Waals surface area contributed by atoms with Gasteiger partial charge in [0.2, 0.25) is 0 Å². The van der Waals surface area contributed by atoms with Gasteiger partial charge in [-0.15, -0.1) is 0 Å². The minimum Gasteiger partial charge on any atom is -0.457 e. The third-order valence-electron chi connectivity index (χ3n) is 5.06. The number of ether oxygens (including phenoxy) is 1. The Hall–Kier alpha value is -3.67. The molecule has 4 aromatic carbocycles. The van der Waals surface area contributed by atoms with Crippen molar-refractivity contribution >= 4 is 44.2 Å². The minimum absolute atomic E-state index is 0.150. The van der Waals surface area contributed by atoms with E-state index in [0.29, 0.717) is 33.8 Å². The number of hydrogen-bond acceptors (Lipinski definition) is 4. The van der Waals surface area contributed by atoms with E-state index in [0.717, 1.165) is 15.8 Å². The summed E-state index contributed by atoms with van der Waals surface area (Å²) in [6, 6.07) is 32.2. The maximum atomic E-state index is 13.7. The Morgan fingerprint density at radius 2 is 1.58 bits per heavy atom. The normalized spacial score (nSPS) is 10.8. The molecule has 33 heavy (non-hydrogen) atoms. The highest BCUT2D eigenvalue weighted by Crippen LogP contribution is 2.33. The number of rotatable bonds is 6. The molecule has 5 aromatic rings. The van der Waals surface area contributed by atoms with Gasteiger partial charge in [0.05, 0.1) is 16.8 Å². The first-order valence-electron chi connectivity index (χ1n) is 10.4. The number of halogens is 1. The molecule has 0 aliphatic rings. The summed E-state index contributed by atoms with van der Waals surface area (Å²) in [6.45, 7) is 0.400. The number of fused-ring (bicyclic) bond motifs is 1. The van der Waals surface area contributed by atoms with Crippen LogP contribution in [0.25, 0.3) is 10.2 Å². The number of nitrogens with zero attached hydrogens (tertiary/aromatic N) is 2. The number of aromatic nitrogens is 1. The van der Waals surface area contributed by atoms with Crippen LogP contribution in [0.4, 0.5) is 5.13 Å². The maximum absolute atomic E-state index is 13.7. The van der Waals surface area contributed by atoms with E-state index in [1.165, 1.54) is 11.3 Å². The second-order valence-corrected chi connectivity index (χ2v) is 8.87. The highest BCUT2D eigenvalue weighted by Gasteiger charge is 2.22. The second-order valence-electron chi connectivity index (χ2n) is 7.43. The molecule has 5 rings (SSSR count). The molecule has 1 aromatic heterocycles. The zero-order chi connectivity index (χ0) is 22.6. The standard InChI is InChI=1S/C27H19ClN2O2S/c28-21-14-15-24-25(17-21)33-27(29-24)30(18-19-8-3-1-4-9-19)26(31)20-10-7-13-23(16-20)32-22-11-5-2-6-12-22/h1-17H,18H2. The molecular weight excluding hydrogens is 452 g/mol. The van der Waals surface area contributed by atoms with Crippen molar-refractivity contribution in [1.29, 1.82) is 0 Å². The van der Waals surface area contributed by atoms with Crippen LogP contribution in [0, 0.1) is 0 Å². The van der Waals surface area contributed by atoms with E-state index in [2.05, 4.69) is 0 Å². The van der Waals surface area contributed by atoms with Gasteiger partial charge in [-0.25, -0.2) is 4.98 Å². The summed E-state index contributed by atoms with van der Waals surface area (Å²) in [6.07, 6.45) is 0. The first kappa shape index (κ1) is 21.2. The van der Waals surface area contributed by atoms with Gasteiger partial charge in [-0.3, -0.25) is 9.69 Å². The molecule has 0 aliphatic carbocycles. The Morgan fingerprint density at radius 3 is 2.36 bits per heavy atom. The number of anilines is 1. The summed E-state index contributed by atoms with van der Waals surface area (Å²) in [5, 5.41) is 1.26. The summed E-state index contributed by atoms with van der Waals surface area (Å²) in [5.41, 5.74) is 2.35. The molecular formula is C27H19ClN2O2S. The van der Waals surface area contributed by atoms with Crippen LogP contribution in [0.1, 0.15) is 15.9 Å². The second kappa shape index (κ2) is 9.45. The highest BCUT2D eigenvalue weighted by molar-refractivity contribution is 7.22. The molecule has 6 heteroatoms. The number of benzene rings is 4. The Morgan fingerprint density at radius 1 is 0.848 bits per heavy atom. The van der Waals surface area contributed by atoms with E-state index in [1.807, 2.05) is 84.9 Å². The molecule has 0 unspecified atom stereocenters. The number of para-hydroxylation sites is 1. The summed E-state index contributed by atoms with van der Waals surface area (Å²) in [5.74, 6) is 1.16. The Kier molecular flexibility index (Phi) is 6.07. The smallest absolute Gasteiger partial charge is 0.260 e. The number of carbonyl (C=O) groups excluding carboxylic acids is 1. The summed E-state index contributed by atoms with van der Waals surface area (Å²) < 4.78 is 6.87. The molecule has 0 bridgehead atoms. The van der Waals surface area contributed by atoms with Crippen LogP contribution in [0.15, 0.2) is 103 Å². The van der Waals surface area contributed by atoms with Gasteiger partial charge in [0.15, 0.2) is 5.13 Å². The minimum atomic E-state index is -0.150. The van der Waals surface area contributed by atoms with Gasteiger partial charge in [-0.05, 0) is 54.1 Å². The third-order valence-corrected chi connectivity index (χ3v) is 6.33. The van der Waals surface area contributed by atoms with E-state index in [-0.39, 0.29) is 5.91 Å². The molecule has 0 atom stereocenters. The topological polar surface area (TPSA) is 42.4 Å². The van der Waals surface area contributed by atoms with Gasteiger partial charge >= 0.3 is 0 Å². The average Bonchev–Trinajstić information content (AvgIpc) is 3.26. The predicted octanol–water partition coefficient (Wildman–Crippen LogP) is 7.59. The van der Waals surface area contributed by atoms with Gasteiger partial charge < -0.3 is 4.74 Å². The molecule has 0 N–H and O–H groups in total. The molecule has 0 spiro atoms. The molecule has 0 radical (unpaired) electrons. The monoisotopic (exact) mass is 470 g/mol. The Bertz CT molecular complexity index is 1400. The fourth-order valence-corrected chi connectivity index (χ4v) is 4.71. The predicted molar refractivity (Wildman–Crippen MR) is 135 cm³/mol. The van der Waals surface area contributed by atoms with E-state index in [4.69, 9.17) is 21.3 Å². The molecule has 0 saturated carbocycles. The molecule has 1 heterocycles. The lowest BCUT2D eigenvalue weighted by atomic mass is 10.1. The maximum Gasteiger partial charge on any atom is 0.260 e. The van der Waals surface area contributed by atoms with Gasteiger partial charge in [-0.1, -0.05) is 77.5 Å². The molecule has 0 aliphatic heterocycles. The summed E-state index contributed by atoms with van der Waals surface area (Å²) >= 11 is 7.61. The highest BCUT2D eigenvalue weighted by atomic mass is 35.5. The van der Waals surface area contributed by atoms with Crippen molar-refractivity contribution in [3.63, 3.8) is 0 Å². The van der Waals surface area contributed by atoms with Crippen LogP contribution in [-0.4, -0.2) is 10.9 Å². The van der Waals surface area contributed by atoms with Crippen molar-refractivity contribution in [2.45, 2.75) is 6.54 Å². The van der Waals surface area contributed by atoms with Crippen LogP contribution in [0.5, 0.6) is 11.5 Å². The fourth-order valence-electron chi connectivity index (χ4n) is 3.47. The van der Waals surface area contributed by atoms with Crippen LogP contribution in [0.3, 0.4) is 0 Å². The van der Waals surface area contributed by atoms with Crippen molar-refractivity contribution in [2.75, 3.05) is 4.90 Å². The quantitative estimate of drug-likeness (QED) is 0.256. The number of hydrogen-bond donors (Lipinski definition) is 0. The summed E-state index contributed by atoms with van der Waals surface area (Å²) in [7, 11) is 0. The Balaban J connectivity index is 1.50. The molecule has 0 saturated heterocycles. The van der Waals surface area contributed by atoms with Crippen molar-refractivity contribution in [3.05, 3.63) is 119 Å². The van der Waals surface area contributed by atoms with Crippen LogP contribution >= 0.6 is 22.9 Å². The zero-order valence-corrected chi connectivity index (χ0v) is 19.1. The van der Waals surface area contributed by atoms with E-state index in [9.17, 15) is 4.79 Å². The van der Waals surface area contributed by atoms with Gasteiger partial charge in [0, 0.05) is 10.6 Å². The van der Waals surface area contributed by atoms with E-state index >= 15 is 0 Å². The first-order valence-corrected chi connectivity index (χ1v) is 11.6. The van der Waals surface area contributed by atoms with Crippen LogP contribution in [-0.2, 0) is 6.54 Å². The third kappa shape index (κ3) is 4.90. The molecule has 1 amide bonds. The lowest BCUT2D eigenvalue weighted by Crippen LogP contribution is -2.30. The molecule has 162 valence electrons. The number of thiazole rings is 1. The van der Waals surface area contributed by atoms with E-state index in [1.54, 1.807) is 23.1 Å². The fraction of sp³-hybridized carbons (Fsp3) is 0.0370. The lowest BCUT2D eigenvalue weighted by molar-refractivity contribution is 0.0985. The zero-order valence-electron chi connectivity index (χ0n) is 17.5. The average molecular weight is 471 g/mol. The first-order chi connectivity index (χ1) is 16.2. The van der Waals surface area contributed by atoms with Gasteiger partial charge in [-0.2, -0.15) is 0 Å². The number of amides is 1. The Labute approximate surface area is 200 Å². The molecule has 0 fully saturated rings. The van der Waals surface area contributed by atoms with Crippen molar-refractivity contribution in [2.24, 2.45) is 0 Å². The van der Waals surface area contributed by atoms with Gasteiger partial charge in [0.25, 0.3) is 5.91 Å². The molecule has 4 nitrogen and oxygen atoms in total. The summed E-state index contributed by atoms with van der Waals surface area (Å²) in [4.78, 5) is 20.1. The largest absolute Gasteiger partial charge is 0.457 e. The van der Waals surface area contributed by atoms with Crippen molar-refractivity contribution in [3.8, 4) is 11.5 Å². The van der Waals surface area contributed by atoms with Crippen LogP contribution < -0.4 is 9.64 Å². The van der Waals surface area contributed by atoms with Crippen molar-refractivity contribution in [1.82, 2.24) is 4.98 Å². The lowest BCUT2D eigenvalue weighted by Gasteiger charge is -2.20. The van der Waals surface area contributed by atoms with E-state index < -0.39 is 0 Å². The van der Waals surface area contributed by atoms with Crippen molar-refractivity contribution < 1.29 is 9.53 Å². The number of carbonyl (C=O) groups is 1. The SMILES string of the molecule is O=C(c1cccc(Oc2ccccc2)c1)N(Cc1ccccc1)c1nc2ccc(Cl)cc2s1.